The predicted octanol–water partition coefficient (Wildman–Crippen LogP) is 2.94. The minimum atomic E-state index is -0.353. The van der Waals surface area contributed by atoms with E-state index in [0.717, 1.165) is 5.75 Å². The van der Waals surface area contributed by atoms with E-state index >= 15 is 0 Å². The van der Waals surface area contributed by atoms with Gasteiger partial charge in [0, 0.05) is 5.75 Å². The smallest absolute Gasteiger partial charge is 0.140 e. The zero-order valence-electron chi connectivity index (χ0n) is 6.79. The van der Waals surface area contributed by atoms with Gasteiger partial charge < -0.3 is 0 Å². The van der Waals surface area contributed by atoms with Crippen molar-refractivity contribution >= 4 is 35.4 Å². The maximum atomic E-state index is 11.1. The van der Waals surface area contributed by atoms with Crippen LogP contribution in [-0.4, -0.2) is 11.5 Å². The number of rotatable bonds is 5. The normalized spacial score (nSPS) is 15.5. The molecule has 11 heavy (non-hydrogen) atoms. The average molecular weight is 208 g/mol. The average Bonchev–Trinajstić information content (AvgIpc) is 2.00. The summed E-state index contributed by atoms with van der Waals surface area (Å²) in [5, 5.41) is 0. The standard InChI is InChI=1S/C7H13OPS2/c1-4-7(3,6(2)8)5-10-11-9/h4H,1,5,9H2,2-3H3. The Kier molecular flexibility index (Phi) is 5.49. The molecule has 64 valence electrons. The van der Waals surface area contributed by atoms with Crippen LogP contribution in [-0.2, 0) is 4.79 Å². The molecule has 0 aliphatic carbocycles. The van der Waals surface area contributed by atoms with Gasteiger partial charge in [0.25, 0.3) is 0 Å². The van der Waals surface area contributed by atoms with Crippen LogP contribution in [0.25, 0.3) is 0 Å². The highest BCUT2D eigenvalue weighted by atomic mass is 33.3. The predicted molar refractivity (Wildman–Crippen MR) is 58.7 cm³/mol. The molecule has 0 rings (SSSR count). The molecule has 1 nitrogen and oxygen atoms in total. The van der Waals surface area contributed by atoms with Crippen molar-refractivity contribution in [2.45, 2.75) is 13.8 Å². The van der Waals surface area contributed by atoms with E-state index in [9.17, 15) is 4.79 Å². The monoisotopic (exact) mass is 208 g/mol. The van der Waals surface area contributed by atoms with Gasteiger partial charge in [-0.1, -0.05) is 35.7 Å². The summed E-state index contributed by atoms with van der Waals surface area (Å²) in [6.07, 6.45) is 1.73. The van der Waals surface area contributed by atoms with Crippen LogP contribution in [0, 0.1) is 5.41 Å². The van der Waals surface area contributed by atoms with E-state index in [0.29, 0.717) is 0 Å². The molecule has 0 aromatic rings. The zero-order chi connectivity index (χ0) is 8.91. The second-order valence-electron chi connectivity index (χ2n) is 2.54. The minimum absolute atomic E-state index is 0.180. The van der Waals surface area contributed by atoms with Gasteiger partial charge in [-0.3, -0.25) is 4.79 Å². The van der Waals surface area contributed by atoms with Crippen LogP contribution in [0.15, 0.2) is 12.7 Å². The van der Waals surface area contributed by atoms with Gasteiger partial charge in [-0.2, -0.15) is 0 Å². The molecule has 2 unspecified atom stereocenters. The molecule has 4 heteroatoms. The largest absolute Gasteiger partial charge is 0.299 e. The van der Waals surface area contributed by atoms with E-state index in [-0.39, 0.29) is 11.2 Å². The maximum absolute atomic E-state index is 11.1. The van der Waals surface area contributed by atoms with Crippen LogP contribution in [0.3, 0.4) is 0 Å². The Morgan fingerprint density at radius 1 is 1.82 bits per heavy atom. The summed E-state index contributed by atoms with van der Waals surface area (Å²) in [6.45, 7) is 7.18. The first-order valence-corrected chi connectivity index (χ1v) is 6.99. The minimum Gasteiger partial charge on any atom is -0.299 e. The molecule has 0 fully saturated rings. The topological polar surface area (TPSA) is 17.1 Å². The first-order valence-electron chi connectivity index (χ1n) is 3.20. The van der Waals surface area contributed by atoms with Gasteiger partial charge in [-0.15, -0.1) is 6.58 Å². The van der Waals surface area contributed by atoms with E-state index in [2.05, 4.69) is 15.0 Å². The summed E-state index contributed by atoms with van der Waals surface area (Å²) < 4.78 is 0. The van der Waals surface area contributed by atoms with Gasteiger partial charge >= 0.3 is 0 Å². The zero-order valence-corrected chi connectivity index (χ0v) is 9.58. The van der Waals surface area contributed by atoms with Crippen LogP contribution < -0.4 is 0 Å². The van der Waals surface area contributed by atoms with E-state index < -0.39 is 0 Å². The van der Waals surface area contributed by atoms with Gasteiger partial charge in [0.2, 0.25) is 0 Å². The lowest BCUT2D eigenvalue weighted by molar-refractivity contribution is -0.122. The third kappa shape index (κ3) is 3.64. The number of allylic oxidation sites excluding steroid dienone is 1. The lowest BCUT2D eigenvalue weighted by Gasteiger charge is -2.20. The Bertz CT molecular complexity index is 161. The van der Waals surface area contributed by atoms with Crippen molar-refractivity contribution in [3.8, 4) is 0 Å². The van der Waals surface area contributed by atoms with Crippen molar-refractivity contribution in [2.75, 3.05) is 5.75 Å². The quantitative estimate of drug-likeness (QED) is 0.393. The molecule has 0 heterocycles. The molecule has 0 aliphatic heterocycles. The molecule has 0 aliphatic rings. The fourth-order valence-electron chi connectivity index (χ4n) is 0.461. The fraction of sp³-hybridized carbons (Fsp3) is 0.571. The highest BCUT2D eigenvalue weighted by Crippen LogP contribution is 2.35. The second kappa shape index (κ2) is 5.23. The summed E-state index contributed by atoms with van der Waals surface area (Å²) in [6, 6.07) is 0. The molecule has 0 aromatic heterocycles. The Hall–Kier alpha value is 0.540. The number of hydrogen-bond donors (Lipinski definition) is 0. The highest BCUT2D eigenvalue weighted by Gasteiger charge is 2.25. The van der Waals surface area contributed by atoms with E-state index in [1.165, 1.54) is 0 Å². The number of ketones is 1. The van der Waals surface area contributed by atoms with Gasteiger partial charge in [0.1, 0.15) is 5.78 Å². The van der Waals surface area contributed by atoms with Gasteiger partial charge in [0.15, 0.2) is 0 Å². The molecule has 2 atom stereocenters. The molecule has 0 saturated carbocycles. The molecule has 0 bridgehead atoms. The Balaban J connectivity index is 4.10. The van der Waals surface area contributed by atoms with E-state index in [1.807, 2.05) is 6.92 Å². The van der Waals surface area contributed by atoms with Gasteiger partial charge in [0.05, 0.1) is 5.41 Å². The first kappa shape index (κ1) is 11.5. The van der Waals surface area contributed by atoms with Crippen molar-refractivity contribution < 1.29 is 4.79 Å². The summed E-state index contributed by atoms with van der Waals surface area (Å²) >= 11 is 0. The maximum Gasteiger partial charge on any atom is 0.140 e. The van der Waals surface area contributed by atoms with Crippen LogP contribution in [0.5, 0.6) is 0 Å². The first-order chi connectivity index (χ1) is 5.06. The van der Waals surface area contributed by atoms with Crippen molar-refractivity contribution in [3.05, 3.63) is 12.7 Å². The van der Waals surface area contributed by atoms with E-state index in [1.54, 1.807) is 34.2 Å². The molecule has 0 radical (unpaired) electrons. The number of carbonyl (C=O) groups excluding carboxylic acids is 1. The summed E-state index contributed by atoms with van der Waals surface area (Å²) in [4.78, 5) is 11.1. The van der Waals surface area contributed by atoms with Crippen molar-refractivity contribution in [3.63, 3.8) is 0 Å². The van der Waals surface area contributed by atoms with Crippen molar-refractivity contribution in [1.29, 1.82) is 0 Å². The summed E-state index contributed by atoms with van der Waals surface area (Å²) in [5.74, 6) is 0.971. The highest BCUT2D eigenvalue weighted by molar-refractivity contribution is 8.94. The Morgan fingerprint density at radius 3 is 2.64 bits per heavy atom. The van der Waals surface area contributed by atoms with Crippen molar-refractivity contribution in [1.82, 2.24) is 0 Å². The summed E-state index contributed by atoms with van der Waals surface area (Å²) in [5.41, 5.74) is -0.353. The van der Waals surface area contributed by atoms with Gasteiger partial charge in [-0.05, 0) is 13.8 Å². The van der Waals surface area contributed by atoms with Crippen LogP contribution in [0.4, 0.5) is 0 Å². The number of Topliss-reactive ketones (excluding diaryl/α,β-unsaturated/α-hetero) is 1. The molecule has 0 saturated heterocycles. The molecule has 0 amide bonds. The Labute approximate surface area is 78.1 Å². The molecule has 0 N–H and O–H groups in total. The SMILES string of the molecule is C=CC(C)(CSSP)C(C)=O. The summed E-state index contributed by atoms with van der Waals surface area (Å²) in [7, 11) is 5.79. The molecule has 0 spiro atoms. The molecule has 0 aromatic carbocycles. The number of carbonyl (C=O) groups is 1. The Morgan fingerprint density at radius 2 is 2.36 bits per heavy atom. The van der Waals surface area contributed by atoms with Crippen molar-refractivity contribution in [2.24, 2.45) is 5.41 Å². The lowest BCUT2D eigenvalue weighted by atomic mass is 9.89. The lowest BCUT2D eigenvalue weighted by Crippen LogP contribution is -2.24. The van der Waals surface area contributed by atoms with Crippen LogP contribution in [0.2, 0.25) is 0 Å². The fourth-order valence-corrected chi connectivity index (χ4v) is 2.65. The third-order valence-electron chi connectivity index (χ3n) is 1.68. The number of hydrogen-bond acceptors (Lipinski definition) is 3. The van der Waals surface area contributed by atoms with Crippen LogP contribution >= 0.6 is 29.6 Å². The second-order valence-corrected chi connectivity index (χ2v) is 6.27. The van der Waals surface area contributed by atoms with Gasteiger partial charge in [-0.25, -0.2) is 0 Å². The molecular weight excluding hydrogens is 195 g/mol. The van der Waals surface area contributed by atoms with E-state index in [4.69, 9.17) is 0 Å². The third-order valence-corrected chi connectivity index (χ3v) is 4.52. The van der Waals surface area contributed by atoms with Crippen LogP contribution in [0.1, 0.15) is 13.8 Å². The molecular formula is C7H13OPS2.